The van der Waals surface area contributed by atoms with Gasteiger partial charge in [-0.15, -0.1) is 0 Å². The van der Waals surface area contributed by atoms with Gasteiger partial charge in [-0.1, -0.05) is 73.9 Å². The number of likely N-dealkylation sites (N-methyl/N-ethyl adjacent to an activating group) is 2. The SMILES string of the molecule is CC[C@H](C)[C@H]1NC(=O)[C@H](NC(=O)[C@@H](CC(C)C)N(C)C(=O)[C@@H]2CCCN2C(=O)[C@H](C)O)[C@@H](C)OC(=O)[C@H](Cc2ccc(O)cc2)N(C)C(=O)[C@@H]2CCCN2C(=O)[C@H](CC(C)C)NC(=O)[C@@H](C)C(=O)[C@H](C(C)C)OC(=O)C[C@@H]1O. The number of esters is 2. The van der Waals surface area contributed by atoms with E-state index in [9.17, 15) is 63.3 Å². The summed E-state index contributed by atoms with van der Waals surface area (Å²) in [7, 11) is 2.76. The summed E-state index contributed by atoms with van der Waals surface area (Å²) in [4.78, 5) is 148. The van der Waals surface area contributed by atoms with E-state index in [1.165, 1.54) is 61.7 Å². The number of amides is 7. The van der Waals surface area contributed by atoms with Crippen molar-refractivity contribution < 1.29 is 72.7 Å². The summed E-state index contributed by atoms with van der Waals surface area (Å²) in [5.41, 5.74) is 0.480. The molecule has 4 rings (SSSR count). The topological polar surface area (TPSA) is 299 Å². The van der Waals surface area contributed by atoms with Crippen LogP contribution in [0.5, 0.6) is 5.75 Å². The largest absolute Gasteiger partial charge is 0.508 e. The predicted molar refractivity (Wildman–Crippen MR) is 285 cm³/mol. The zero-order chi connectivity index (χ0) is 58.6. The smallest absolute Gasteiger partial charge is 0.329 e. The number of hydrogen-bond donors (Lipinski definition) is 6. The number of phenols is 1. The van der Waals surface area contributed by atoms with Crippen LogP contribution < -0.4 is 16.0 Å². The van der Waals surface area contributed by atoms with E-state index in [1.54, 1.807) is 39.8 Å². The number of nitrogens with zero attached hydrogens (tertiary/aromatic N) is 4. The number of nitrogens with one attached hydrogen (secondary N) is 3. The van der Waals surface area contributed by atoms with Gasteiger partial charge in [0.15, 0.2) is 11.9 Å². The highest BCUT2D eigenvalue weighted by Crippen LogP contribution is 2.27. The minimum atomic E-state index is -1.78. The van der Waals surface area contributed by atoms with Crippen molar-refractivity contribution >= 4 is 59.1 Å². The molecule has 0 spiro atoms. The quantitative estimate of drug-likeness (QED) is 0.115. The van der Waals surface area contributed by atoms with Crippen molar-refractivity contribution in [2.45, 2.75) is 201 Å². The lowest BCUT2D eigenvalue weighted by molar-refractivity contribution is -0.163. The lowest BCUT2D eigenvalue weighted by atomic mass is 9.91. The number of rotatable bonds is 14. The van der Waals surface area contributed by atoms with Gasteiger partial charge >= 0.3 is 11.9 Å². The van der Waals surface area contributed by atoms with Gasteiger partial charge in [0, 0.05) is 33.6 Å². The third-order valence-electron chi connectivity index (χ3n) is 15.3. The molecular weight excluding hydrogens is 1010 g/mol. The van der Waals surface area contributed by atoms with Gasteiger partial charge in [-0.05, 0) is 101 Å². The van der Waals surface area contributed by atoms with E-state index in [0.29, 0.717) is 24.8 Å². The lowest BCUT2D eigenvalue weighted by Gasteiger charge is -2.36. The highest BCUT2D eigenvalue weighted by molar-refractivity contribution is 6.05. The number of carbonyl (C=O) groups is 10. The number of likely N-dealkylation sites (tertiary alicyclic amines) is 1. The fourth-order valence-corrected chi connectivity index (χ4v) is 10.4. The third kappa shape index (κ3) is 16.5. The van der Waals surface area contributed by atoms with Crippen LogP contribution in [0.15, 0.2) is 24.3 Å². The number of ketones is 1. The highest BCUT2D eigenvalue weighted by atomic mass is 16.6. The van der Waals surface area contributed by atoms with Gasteiger partial charge in [0.05, 0.1) is 24.5 Å². The lowest BCUT2D eigenvalue weighted by Crippen LogP contribution is -2.62. The zero-order valence-corrected chi connectivity index (χ0v) is 47.9. The van der Waals surface area contributed by atoms with Crippen LogP contribution in [-0.2, 0) is 63.8 Å². The summed E-state index contributed by atoms with van der Waals surface area (Å²) < 4.78 is 11.8. The van der Waals surface area contributed by atoms with Gasteiger partial charge in [-0.25, -0.2) is 4.79 Å². The molecule has 7 amide bonds. The van der Waals surface area contributed by atoms with Crippen LogP contribution in [0.1, 0.15) is 133 Å². The van der Waals surface area contributed by atoms with Crippen LogP contribution in [0, 0.1) is 29.6 Å². The van der Waals surface area contributed by atoms with Crippen LogP contribution in [0.25, 0.3) is 0 Å². The molecule has 13 atom stereocenters. The second-order valence-corrected chi connectivity index (χ2v) is 22.8. The Bertz CT molecular complexity index is 2310. The number of aliphatic hydroxyl groups excluding tert-OH is 2. The van der Waals surface area contributed by atoms with Crippen molar-refractivity contribution in [2.24, 2.45) is 29.6 Å². The second-order valence-electron chi connectivity index (χ2n) is 22.8. The van der Waals surface area contributed by atoms with Gasteiger partial charge < -0.3 is 60.3 Å². The Hall–Kier alpha value is -6.16. The van der Waals surface area contributed by atoms with Gasteiger partial charge in [-0.3, -0.25) is 43.2 Å². The zero-order valence-electron chi connectivity index (χ0n) is 47.9. The van der Waals surface area contributed by atoms with Crippen molar-refractivity contribution in [1.82, 2.24) is 35.6 Å². The van der Waals surface area contributed by atoms with Crippen LogP contribution in [0.4, 0.5) is 0 Å². The minimum Gasteiger partial charge on any atom is -0.508 e. The first-order valence-corrected chi connectivity index (χ1v) is 27.6. The molecule has 3 aliphatic heterocycles. The number of aromatic hydroxyl groups is 1. The Balaban J connectivity index is 1.88. The van der Waals surface area contributed by atoms with Gasteiger partial charge in [-0.2, -0.15) is 0 Å². The first-order chi connectivity index (χ1) is 36.5. The number of phenolic OH excluding ortho intramolecular Hbond substituents is 1. The Morgan fingerprint density at radius 2 is 1.47 bits per heavy atom. The molecule has 3 saturated heterocycles. The monoisotopic (exact) mass is 1100 g/mol. The Morgan fingerprint density at radius 3 is 2.05 bits per heavy atom. The number of hydrogen-bond acceptors (Lipinski definition) is 15. The number of cyclic esters (lactones) is 2. The Labute approximate surface area is 459 Å². The summed E-state index contributed by atoms with van der Waals surface area (Å²) >= 11 is 0. The van der Waals surface area contributed by atoms with E-state index in [4.69, 9.17) is 9.47 Å². The normalized spacial score (nSPS) is 27.9. The minimum absolute atomic E-state index is 0.0629. The average Bonchev–Trinajstić information content (AvgIpc) is 4.08. The molecule has 0 bridgehead atoms. The van der Waals surface area contributed by atoms with Crippen molar-refractivity contribution in [1.29, 1.82) is 0 Å². The van der Waals surface area contributed by atoms with Crippen molar-refractivity contribution in [3.63, 3.8) is 0 Å². The molecule has 3 fully saturated rings. The molecule has 0 aliphatic carbocycles. The van der Waals surface area contributed by atoms with Crippen molar-refractivity contribution in [3.05, 3.63) is 29.8 Å². The fourth-order valence-electron chi connectivity index (χ4n) is 10.4. The molecule has 22 heteroatoms. The molecule has 1 aromatic carbocycles. The molecule has 1 aromatic rings. The number of Topliss-reactive ketones (excluding diaryl/α,β-unsaturated/α-hetero) is 1. The number of carbonyl (C=O) groups excluding carboxylic acids is 10. The number of benzene rings is 1. The highest BCUT2D eigenvalue weighted by Gasteiger charge is 2.46. The van der Waals surface area contributed by atoms with E-state index in [0.717, 1.165) is 4.90 Å². The van der Waals surface area contributed by atoms with Gasteiger partial charge in [0.2, 0.25) is 35.4 Å². The van der Waals surface area contributed by atoms with Gasteiger partial charge in [0.25, 0.3) is 5.91 Å². The van der Waals surface area contributed by atoms with E-state index in [1.807, 2.05) is 27.7 Å². The molecule has 0 saturated carbocycles. The summed E-state index contributed by atoms with van der Waals surface area (Å²) in [6.45, 7) is 18.3. The number of fused-ring (bicyclic) bond motifs is 1. The van der Waals surface area contributed by atoms with Crippen LogP contribution in [0.2, 0.25) is 0 Å². The molecular formula is C56H87N7O15. The van der Waals surface area contributed by atoms with E-state index < -0.39 is 150 Å². The molecule has 0 aromatic heterocycles. The molecule has 0 radical (unpaired) electrons. The fraction of sp³-hybridized carbons (Fsp3) is 0.714. The van der Waals surface area contributed by atoms with Crippen LogP contribution in [0.3, 0.4) is 0 Å². The van der Waals surface area contributed by atoms with Crippen molar-refractivity contribution in [3.8, 4) is 5.75 Å². The summed E-state index contributed by atoms with van der Waals surface area (Å²) in [5.74, 6) is -11.0. The summed E-state index contributed by atoms with van der Waals surface area (Å²) in [6.07, 6.45) is -5.17. The maximum Gasteiger partial charge on any atom is 0.329 e. The van der Waals surface area contributed by atoms with Crippen LogP contribution in [-0.4, -0.2) is 188 Å². The Kier molecular flexibility index (Phi) is 23.6. The maximum absolute atomic E-state index is 15.0. The first kappa shape index (κ1) is 64.4. The molecule has 0 unspecified atom stereocenters. The van der Waals surface area contributed by atoms with E-state index in [-0.39, 0.29) is 62.8 Å². The summed E-state index contributed by atoms with van der Waals surface area (Å²) in [6, 6.07) is -3.17. The molecule has 3 aliphatic rings. The molecule has 22 nitrogen and oxygen atoms in total. The number of ether oxygens (including phenoxy) is 2. The predicted octanol–water partition coefficient (Wildman–Crippen LogP) is 2.01. The molecule has 436 valence electrons. The van der Waals surface area contributed by atoms with Crippen LogP contribution >= 0.6 is 0 Å². The first-order valence-electron chi connectivity index (χ1n) is 27.6. The van der Waals surface area contributed by atoms with E-state index in [2.05, 4.69) is 16.0 Å². The van der Waals surface area contributed by atoms with Crippen molar-refractivity contribution in [2.75, 3.05) is 27.2 Å². The standard InChI is InChI=1S/C56H87N7O15/c1-14-32(8)45-43(66)28-44(67)78-48(31(6)7)47(68)33(9)49(69)57-38(25-29(2)3)53(73)63-24-16-18-40(63)55(75)61(13)42(27-36-19-21-37(65)22-20-36)56(76)77-35(11)46(51(71)58-45)59-50(70)41(26-30(4)5)60(12)54(74)39-17-15-23-62(39)52(72)34(10)64/h19-22,29-35,38-43,45-46,48,64-66H,14-18,23-28H2,1-13H3,(H,57,69)(H,58,71)(H,59,70)/t32-,33-,34-,35+,38-,39-,40-,41+,42-,43-,45+,46+,48-/m0/s1. The molecule has 78 heavy (non-hydrogen) atoms. The molecule has 6 N–H and O–H groups in total. The number of aliphatic hydroxyl groups is 2. The maximum atomic E-state index is 15.0. The second kappa shape index (κ2) is 28.6. The third-order valence-corrected chi connectivity index (χ3v) is 15.3. The van der Waals surface area contributed by atoms with Gasteiger partial charge in [0.1, 0.15) is 54.2 Å². The average molecular weight is 1100 g/mol. The Morgan fingerprint density at radius 1 is 0.846 bits per heavy atom. The van der Waals surface area contributed by atoms with E-state index >= 15 is 0 Å². The molecule has 3 heterocycles. The summed E-state index contributed by atoms with van der Waals surface area (Å²) in [5, 5.41) is 40.3.